The summed E-state index contributed by atoms with van der Waals surface area (Å²) in [6.45, 7) is 3.66. The van der Waals surface area contributed by atoms with E-state index in [-0.39, 0.29) is 17.6 Å². The lowest BCUT2D eigenvalue weighted by atomic mass is 9.54. The number of anilines is 1. The number of amides is 2. The van der Waals surface area contributed by atoms with Crippen LogP contribution in [0.15, 0.2) is 66.7 Å². The van der Waals surface area contributed by atoms with Crippen LogP contribution in [0.2, 0.25) is 0 Å². The lowest BCUT2D eigenvalue weighted by molar-refractivity contribution is -0.122. The molecule has 1 fully saturated rings. The molecule has 1 saturated heterocycles. The fraction of sp³-hybridized carbons (Fsp3) is 0.250. The van der Waals surface area contributed by atoms with E-state index < -0.39 is 20.5 Å². The minimum atomic E-state index is -0.869. The van der Waals surface area contributed by atoms with Crippen LogP contribution in [0, 0.1) is 11.8 Å². The Hall–Kier alpha value is -2.77. The minimum absolute atomic E-state index is 0.153. The maximum atomic E-state index is 14.3. The molecule has 1 aliphatic heterocycles. The molecule has 7 rings (SSSR count). The number of alkyl halides is 2. The fourth-order valence-electron chi connectivity index (χ4n) is 6.09. The Morgan fingerprint density at radius 2 is 1.31 bits per heavy atom. The molecule has 5 nitrogen and oxygen atoms in total. The van der Waals surface area contributed by atoms with Crippen molar-refractivity contribution in [3.05, 3.63) is 94.5 Å². The fourth-order valence-corrected chi connectivity index (χ4v) is 8.40. The Labute approximate surface area is 219 Å². The number of hydrogen-bond donors (Lipinski definition) is 0. The Morgan fingerprint density at radius 1 is 0.857 bits per heavy atom. The van der Waals surface area contributed by atoms with Crippen LogP contribution in [0.1, 0.15) is 46.5 Å². The van der Waals surface area contributed by atoms with Crippen molar-refractivity contribution in [3.63, 3.8) is 0 Å². The Kier molecular flexibility index (Phi) is 4.93. The first-order chi connectivity index (χ1) is 16.8. The van der Waals surface area contributed by atoms with Crippen LogP contribution >= 0.6 is 31.9 Å². The summed E-state index contributed by atoms with van der Waals surface area (Å²) in [5, 5.41) is 0. The van der Waals surface area contributed by atoms with Gasteiger partial charge in [0.25, 0.3) is 0 Å². The third-order valence-corrected chi connectivity index (χ3v) is 10.2. The topological polar surface area (TPSA) is 63.7 Å². The molecule has 0 saturated carbocycles. The van der Waals surface area contributed by atoms with E-state index in [1.807, 2.05) is 55.5 Å². The smallest absolute Gasteiger partial charge is 0.240 e. The predicted octanol–water partition coefficient (Wildman–Crippen LogP) is 5.70. The van der Waals surface area contributed by atoms with Crippen LogP contribution in [0.3, 0.4) is 0 Å². The van der Waals surface area contributed by atoms with Gasteiger partial charge in [0.2, 0.25) is 11.8 Å². The maximum absolute atomic E-state index is 14.3. The number of ketones is 1. The van der Waals surface area contributed by atoms with Crippen molar-refractivity contribution in [1.82, 2.24) is 0 Å². The first kappa shape index (κ1) is 22.7. The molecule has 35 heavy (non-hydrogen) atoms. The normalized spacial score (nSPS) is 27.9. The molecule has 0 N–H and O–H groups in total. The van der Waals surface area contributed by atoms with Crippen molar-refractivity contribution >= 4 is 55.1 Å². The molecule has 3 aromatic rings. The highest BCUT2D eigenvalue weighted by Gasteiger charge is 2.72. The average molecular weight is 595 g/mol. The number of halogens is 2. The van der Waals surface area contributed by atoms with E-state index in [0.29, 0.717) is 23.6 Å². The molecule has 2 bridgehead atoms. The number of Topliss-reactive ketones (excluding diaryl/α,β-unsaturated/α-hetero) is 1. The molecule has 2 atom stereocenters. The second-order valence-corrected chi connectivity index (χ2v) is 11.7. The Balaban J connectivity index is 1.62. The van der Waals surface area contributed by atoms with Crippen molar-refractivity contribution in [2.45, 2.75) is 22.5 Å². The molecule has 1 heterocycles. The lowest BCUT2D eigenvalue weighted by Crippen LogP contribution is -2.56. The summed E-state index contributed by atoms with van der Waals surface area (Å²) in [6, 6.07) is 20.8. The number of ether oxygens (including phenoxy) is 1. The molecule has 176 valence electrons. The summed E-state index contributed by atoms with van der Waals surface area (Å²) in [5.41, 5.74) is 4.62. The Morgan fingerprint density at radius 3 is 1.71 bits per heavy atom. The van der Waals surface area contributed by atoms with Gasteiger partial charge in [-0.25, -0.2) is 4.90 Å². The van der Waals surface area contributed by atoms with Crippen LogP contribution in [-0.4, -0.2) is 24.2 Å². The summed E-state index contributed by atoms with van der Waals surface area (Å²) in [4.78, 5) is 41.9. The largest absolute Gasteiger partial charge is 0.492 e. The highest BCUT2D eigenvalue weighted by Crippen LogP contribution is 2.71. The third-order valence-electron chi connectivity index (χ3n) is 7.49. The number of carbonyl (C=O) groups is 3. The van der Waals surface area contributed by atoms with Gasteiger partial charge in [0, 0.05) is 5.56 Å². The highest BCUT2D eigenvalue weighted by atomic mass is 79.9. The summed E-state index contributed by atoms with van der Waals surface area (Å²) >= 11 is 8.02. The number of carbonyl (C=O) groups excluding carboxylic acids is 3. The van der Waals surface area contributed by atoms with Gasteiger partial charge in [-0.05, 0) is 54.3 Å². The third kappa shape index (κ3) is 2.71. The second kappa shape index (κ2) is 7.61. The van der Waals surface area contributed by atoms with E-state index in [4.69, 9.17) is 4.74 Å². The predicted molar refractivity (Wildman–Crippen MR) is 139 cm³/mol. The molecule has 0 unspecified atom stereocenters. The molecule has 0 radical (unpaired) electrons. The van der Waals surface area contributed by atoms with Crippen LogP contribution in [0.25, 0.3) is 0 Å². The zero-order valence-corrected chi connectivity index (χ0v) is 22.2. The quantitative estimate of drug-likeness (QED) is 0.221. The molecular formula is C28H21Br2NO4. The Bertz CT molecular complexity index is 1330. The zero-order valence-electron chi connectivity index (χ0n) is 19.0. The molecule has 0 spiro atoms. The summed E-state index contributed by atoms with van der Waals surface area (Å²) in [5.74, 6) is -1.76. The number of hydrogen-bond acceptors (Lipinski definition) is 4. The molecule has 3 aromatic carbocycles. The van der Waals surface area contributed by atoms with Gasteiger partial charge in [0.05, 0.1) is 32.8 Å². The standard InChI is InChI=1S/C28H21Br2NO4/c1-3-35-22-13-12-16(15(2)32)14-21(22)31-25(33)23-24(26(31)34)28(30)18-9-5-4-8-17(18)27(23,29)19-10-6-7-11-20(19)28/h4-14,23-24H,3H2,1-2H3/t23-,24-,27?,28?/m0/s1. The van der Waals surface area contributed by atoms with Crippen molar-refractivity contribution < 1.29 is 19.1 Å². The maximum Gasteiger partial charge on any atom is 0.240 e. The van der Waals surface area contributed by atoms with E-state index in [2.05, 4.69) is 31.9 Å². The van der Waals surface area contributed by atoms with E-state index in [0.717, 1.165) is 22.3 Å². The number of imide groups is 1. The number of rotatable bonds is 4. The second-order valence-electron chi connectivity index (χ2n) is 9.15. The SMILES string of the molecule is CCOc1ccc(C(C)=O)cc1N1C(=O)[C@@H]2[C@@H](C1=O)C1(Br)c3ccccc3C2(Br)c2ccccc21. The molecule has 3 aliphatic carbocycles. The molecule has 7 heteroatoms. The van der Waals surface area contributed by atoms with Gasteiger partial charge in [-0.1, -0.05) is 80.4 Å². The van der Waals surface area contributed by atoms with E-state index in [1.54, 1.807) is 18.2 Å². The van der Waals surface area contributed by atoms with Crippen molar-refractivity contribution in [2.24, 2.45) is 11.8 Å². The monoisotopic (exact) mass is 593 g/mol. The molecular weight excluding hydrogens is 574 g/mol. The van der Waals surface area contributed by atoms with E-state index in [9.17, 15) is 14.4 Å². The molecule has 2 amide bonds. The van der Waals surface area contributed by atoms with Crippen LogP contribution in [0.4, 0.5) is 5.69 Å². The number of nitrogens with zero attached hydrogens (tertiary/aromatic N) is 1. The van der Waals surface area contributed by atoms with E-state index in [1.165, 1.54) is 11.8 Å². The minimum Gasteiger partial charge on any atom is -0.492 e. The number of benzene rings is 3. The van der Waals surface area contributed by atoms with Gasteiger partial charge in [-0.3, -0.25) is 14.4 Å². The van der Waals surface area contributed by atoms with Gasteiger partial charge in [-0.15, -0.1) is 0 Å². The van der Waals surface area contributed by atoms with Crippen molar-refractivity contribution in [1.29, 1.82) is 0 Å². The van der Waals surface area contributed by atoms with Crippen LogP contribution in [0.5, 0.6) is 5.75 Å². The molecule has 4 aliphatic rings. The summed E-state index contributed by atoms with van der Waals surface area (Å²) in [6.07, 6.45) is 0. The highest BCUT2D eigenvalue weighted by molar-refractivity contribution is 9.10. The zero-order chi connectivity index (χ0) is 24.7. The van der Waals surface area contributed by atoms with Gasteiger partial charge in [0.1, 0.15) is 5.75 Å². The summed E-state index contributed by atoms with van der Waals surface area (Å²) < 4.78 is 4.06. The first-order valence-electron chi connectivity index (χ1n) is 11.5. The van der Waals surface area contributed by atoms with Crippen LogP contribution in [-0.2, 0) is 18.2 Å². The lowest BCUT2D eigenvalue weighted by Gasteiger charge is -2.55. The first-order valence-corrected chi connectivity index (χ1v) is 13.1. The average Bonchev–Trinajstić information content (AvgIpc) is 3.14. The summed E-state index contributed by atoms with van der Waals surface area (Å²) in [7, 11) is 0. The van der Waals surface area contributed by atoms with E-state index >= 15 is 0 Å². The molecule has 0 aromatic heterocycles. The van der Waals surface area contributed by atoms with Gasteiger partial charge < -0.3 is 4.74 Å². The van der Waals surface area contributed by atoms with Gasteiger partial charge in [-0.2, -0.15) is 0 Å². The van der Waals surface area contributed by atoms with Crippen molar-refractivity contribution in [3.8, 4) is 5.75 Å². The van der Waals surface area contributed by atoms with Crippen molar-refractivity contribution in [2.75, 3.05) is 11.5 Å². The van der Waals surface area contributed by atoms with Gasteiger partial charge in [0.15, 0.2) is 5.78 Å². The van der Waals surface area contributed by atoms with Crippen LogP contribution < -0.4 is 9.64 Å². The van der Waals surface area contributed by atoms with Gasteiger partial charge >= 0.3 is 0 Å².